The number of rotatable bonds is 16. The summed E-state index contributed by atoms with van der Waals surface area (Å²) in [6.07, 6.45) is 25.8. The Hall–Kier alpha value is -1.09. The number of carboxylic acid groups (broad SMARTS) is 1. The van der Waals surface area contributed by atoms with E-state index in [1.165, 1.54) is 70.6 Å². The molecule has 1 aliphatic carbocycles. The van der Waals surface area contributed by atoms with E-state index in [0.29, 0.717) is 0 Å². The maximum atomic E-state index is 10.8. The minimum atomic E-state index is -0.892. The second-order valence-electron chi connectivity index (χ2n) is 7.38. The van der Waals surface area contributed by atoms with Gasteiger partial charge in [0.25, 0.3) is 0 Å². The van der Waals surface area contributed by atoms with E-state index >= 15 is 0 Å². The van der Waals surface area contributed by atoms with Crippen LogP contribution in [0.3, 0.4) is 0 Å². The quantitative estimate of drug-likeness (QED) is 0.326. The summed E-state index contributed by atoms with van der Waals surface area (Å²) in [6.45, 7) is 2.05. The number of unbranched alkanes of at least 4 members (excludes halogenated alkanes) is 11. The molecule has 0 aromatic rings. The van der Waals surface area contributed by atoms with Crippen LogP contribution in [-0.4, -0.2) is 23.3 Å². The first-order valence-corrected chi connectivity index (χ1v) is 10.4. The third-order valence-corrected chi connectivity index (χ3v) is 5.05. The monoisotopic (exact) mass is 350 g/mol. The SMILES string of the molecule is CCCCCCCCCCCCCCC1(OCC(=O)O)C=CC=CC1. The minimum Gasteiger partial charge on any atom is -0.480 e. The molecule has 1 atom stereocenters. The van der Waals surface area contributed by atoms with E-state index in [2.05, 4.69) is 13.0 Å². The number of ether oxygens (including phenoxy) is 1. The van der Waals surface area contributed by atoms with Crippen LogP contribution in [0.2, 0.25) is 0 Å². The van der Waals surface area contributed by atoms with Gasteiger partial charge in [0.05, 0.1) is 5.60 Å². The summed E-state index contributed by atoms with van der Waals surface area (Å²) in [4.78, 5) is 10.8. The second-order valence-corrected chi connectivity index (χ2v) is 7.38. The highest BCUT2D eigenvalue weighted by atomic mass is 16.5. The third-order valence-electron chi connectivity index (χ3n) is 5.05. The van der Waals surface area contributed by atoms with Gasteiger partial charge in [-0.15, -0.1) is 0 Å². The van der Waals surface area contributed by atoms with Gasteiger partial charge in [-0.3, -0.25) is 0 Å². The van der Waals surface area contributed by atoms with Crippen molar-refractivity contribution in [3.05, 3.63) is 24.3 Å². The van der Waals surface area contributed by atoms with Gasteiger partial charge in [-0.25, -0.2) is 4.79 Å². The van der Waals surface area contributed by atoms with E-state index in [1.807, 2.05) is 18.2 Å². The molecule has 0 saturated heterocycles. The molecule has 3 heteroatoms. The van der Waals surface area contributed by atoms with Crippen LogP contribution < -0.4 is 0 Å². The van der Waals surface area contributed by atoms with Crippen molar-refractivity contribution in [2.45, 2.75) is 102 Å². The van der Waals surface area contributed by atoms with Gasteiger partial charge in [0.1, 0.15) is 6.61 Å². The Morgan fingerprint density at radius 3 is 1.96 bits per heavy atom. The highest BCUT2D eigenvalue weighted by Gasteiger charge is 2.28. The summed E-state index contributed by atoms with van der Waals surface area (Å²) in [5.41, 5.74) is -0.397. The van der Waals surface area contributed by atoms with Crippen LogP contribution in [0.1, 0.15) is 96.8 Å². The second kappa shape index (κ2) is 14.1. The number of allylic oxidation sites excluding steroid dienone is 2. The molecule has 0 radical (unpaired) electrons. The van der Waals surface area contributed by atoms with E-state index in [0.717, 1.165) is 19.3 Å². The van der Waals surface area contributed by atoms with E-state index in [4.69, 9.17) is 9.84 Å². The smallest absolute Gasteiger partial charge is 0.329 e. The van der Waals surface area contributed by atoms with Gasteiger partial charge in [0.15, 0.2) is 0 Å². The van der Waals surface area contributed by atoms with Gasteiger partial charge >= 0.3 is 5.97 Å². The highest BCUT2D eigenvalue weighted by Crippen LogP contribution is 2.29. The van der Waals surface area contributed by atoms with Crippen LogP contribution in [0.25, 0.3) is 0 Å². The van der Waals surface area contributed by atoms with Crippen molar-refractivity contribution >= 4 is 5.97 Å². The van der Waals surface area contributed by atoms with Crippen molar-refractivity contribution < 1.29 is 14.6 Å². The molecule has 0 amide bonds. The molecule has 0 aromatic carbocycles. The Labute approximate surface area is 154 Å². The Bertz CT molecular complexity index is 400. The van der Waals surface area contributed by atoms with Crippen molar-refractivity contribution in [2.24, 2.45) is 0 Å². The molecule has 0 heterocycles. The molecular weight excluding hydrogens is 312 g/mol. The van der Waals surface area contributed by atoms with Gasteiger partial charge in [0, 0.05) is 0 Å². The van der Waals surface area contributed by atoms with Crippen molar-refractivity contribution in [3.8, 4) is 0 Å². The molecule has 3 nitrogen and oxygen atoms in total. The van der Waals surface area contributed by atoms with Gasteiger partial charge < -0.3 is 9.84 Å². The fourth-order valence-electron chi connectivity index (χ4n) is 3.48. The molecule has 25 heavy (non-hydrogen) atoms. The predicted molar refractivity (Wildman–Crippen MR) is 105 cm³/mol. The fraction of sp³-hybridized carbons (Fsp3) is 0.773. The van der Waals surface area contributed by atoms with Gasteiger partial charge in [-0.2, -0.15) is 0 Å². The predicted octanol–water partition coefficient (Wildman–Crippen LogP) is 6.43. The van der Waals surface area contributed by atoms with Crippen LogP contribution in [0, 0.1) is 0 Å². The van der Waals surface area contributed by atoms with E-state index < -0.39 is 11.6 Å². The maximum absolute atomic E-state index is 10.8. The normalized spacial score (nSPS) is 19.4. The average molecular weight is 351 g/mol. The summed E-state index contributed by atoms with van der Waals surface area (Å²) >= 11 is 0. The van der Waals surface area contributed by atoms with Gasteiger partial charge in [0.2, 0.25) is 0 Å². The van der Waals surface area contributed by atoms with E-state index in [9.17, 15) is 4.79 Å². The molecule has 144 valence electrons. The van der Waals surface area contributed by atoms with Crippen molar-refractivity contribution in [2.75, 3.05) is 6.61 Å². The summed E-state index contributed by atoms with van der Waals surface area (Å²) in [5, 5.41) is 8.86. The summed E-state index contributed by atoms with van der Waals surface area (Å²) in [7, 11) is 0. The van der Waals surface area contributed by atoms with Crippen LogP contribution in [-0.2, 0) is 9.53 Å². The standard InChI is InChI=1S/C22H38O3/c1-2-3-4-5-6-7-8-9-10-11-12-14-17-22(25-20-21(23)24)18-15-13-16-19-22/h13,15-16,18H,2-12,14,17,19-20H2,1H3,(H,23,24). The van der Waals surface area contributed by atoms with E-state index in [-0.39, 0.29) is 6.61 Å². The largest absolute Gasteiger partial charge is 0.480 e. The lowest BCUT2D eigenvalue weighted by molar-refractivity contribution is -0.147. The van der Waals surface area contributed by atoms with Gasteiger partial charge in [-0.05, 0) is 12.8 Å². The van der Waals surface area contributed by atoms with Gasteiger partial charge in [-0.1, -0.05) is 108 Å². The summed E-state index contributed by atoms with van der Waals surface area (Å²) in [6, 6.07) is 0. The van der Waals surface area contributed by atoms with Crippen LogP contribution in [0.4, 0.5) is 0 Å². The molecule has 0 aromatic heterocycles. The number of hydrogen-bond acceptors (Lipinski definition) is 2. The lowest BCUT2D eigenvalue weighted by atomic mass is 9.89. The number of carbonyl (C=O) groups is 1. The molecule has 0 fully saturated rings. The molecule has 0 saturated carbocycles. The van der Waals surface area contributed by atoms with Crippen LogP contribution >= 0.6 is 0 Å². The molecule has 0 aliphatic heterocycles. The summed E-state index contributed by atoms with van der Waals surface area (Å²) < 4.78 is 5.69. The molecule has 1 rings (SSSR count). The first-order chi connectivity index (χ1) is 12.2. The molecule has 1 aliphatic rings. The van der Waals surface area contributed by atoms with Crippen LogP contribution in [0.5, 0.6) is 0 Å². The zero-order valence-corrected chi connectivity index (χ0v) is 16.2. The average Bonchev–Trinajstić information content (AvgIpc) is 2.62. The summed E-state index contributed by atoms with van der Waals surface area (Å²) in [5.74, 6) is -0.892. The van der Waals surface area contributed by atoms with E-state index in [1.54, 1.807) is 0 Å². The Balaban J connectivity index is 2.02. The minimum absolute atomic E-state index is 0.212. The Kier molecular flexibility index (Phi) is 12.4. The first kappa shape index (κ1) is 22.0. The molecule has 0 spiro atoms. The van der Waals surface area contributed by atoms with Crippen molar-refractivity contribution in [1.29, 1.82) is 0 Å². The fourth-order valence-corrected chi connectivity index (χ4v) is 3.48. The molecule has 0 bridgehead atoms. The Morgan fingerprint density at radius 1 is 0.920 bits per heavy atom. The zero-order valence-electron chi connectivity index (χ0n) is 16.2. The lowest BCUT2D eigenvalue weighted by Crippen LogP contribution is -2.33. The molecule has 1 N–H and O–H groups in total. The maximum Gasteiger partial charge on any atom is 0.329 e. The van der Waals surface area contributed by atoms with Crippen molar-refractivity contribution in [1.82, 2.24) is 0 Å². The highest BCUT2D eigenvalue weighted by molar-refractivity contribution is 5.68. The topological polar surface area (TPSA) is 46.5 Å². The third kappa shape index (κ3) is 11.2. The lowest BCUT2D eigenvalue weighted by Gasteiger charge is -2.31. The Morgan fingerprint density at radius 2 is 1.48 bits per heavy atom. The first-order valence-electron chi connectivity index (χ1n) is 10.4. The van der Waals surface area contributed by atoms with Crippen molar-refractivity contribution in [3.63, 3.8) is 0 Å². The number of carboxylic acids is 1. The molecule has 1 unspecified atom stereocenters. The number of hydrogen-bond donors (Lipinski definition) is 1. The zero-order chi connectivity index (χ0) is 18.2. The molecular formula is C22H38O3. The number of aliphatic carboxylic acids is 1. The van der Waals surface area contributed by atoms with Crippen LogP contribution in [0.15, 0.2) is 24.3 Å².